The Hall–Kier alpha value is -2.78. The molecule has 0 aliphatic heterocycles. The van der Waals surface area contributed by atoms with Crippen LogP contribution < -0.4 is 4.74 Å². The van der Waals surface area contributed by atoms with Crippen LogP contribution in [0.3, 0.4) is 0 Å². The van der Waals surface area contributed by atoms with Gasteiger partial charge in [-0.05, 0) is 36.8 Å². The predicted octanol–water partition coefficient (Wildman–Crippen LogP) is 5.49. The molecule has 0 bridgehead atoms. The van der Waals surface area contributed by atoms with Gasteiger partial charge in [-0.25, -0.2) is 16.8 Å². The van der Waals surface area contributed by atoms with Gasteiger partial charge in [-0.15, -0.1) is 0 Å². The van der Waals surface area contributed by atoms with Crippen LogP contribution in [-0.4, -0.2) is 38.7 Å². The van der Waals surface area contributed by atoms with Gasteiger partial charge in [-0.1, -0.05) is 6.07 Å². The Morgan fingerprint density at radius 1 is 0.692 bits per heavy atom. The van der Waals surface area contributed by atoms with Crippen molar-refractivity contribution < 1.29 is 83.4 Å². The molecule has 39 heavy (non-hydrogen) atoms. The number of hydrogen-bond acceptors (Lipinski definition) is 7. The molecule has 0 fully saturated rings. The first-order chi connectivity index (χ1) is 17.0. The Balaban J connectivity index is 0.000000403. The van der Waals surface area contributed by atoms with Crippen LogP contribution >= 0.6 is 0 Å². The number of aryl methyl sites for hydroxylation is 1. The third kappa shape index (κ3) is 10.0. The highest BCUT2D eigenvalue weighted by atomic mass is 32.2. The van der Waals surface area contributed by atoms with Crippen molar-refractivity contribution in [1.82, 2.24) is 0 Å². The highest BCUT2D eigenvalue weighted by Crippen LogP contribution is 2.46. The number of hydrogen-bond donors (Lipinski definition) is 0. The van der Waals surface area contributed by atoms with Crippen molar-refractivity contribution in [2.45, 2.75) is 41.4 Å². The summed E-state index contributed by atoms with van der Waals surface area (Å²) in [6.07, 6.45) is -22.1. The quantitative estimate of drug-likeness (QED) is 0.324. The Bertz CT molecular complexity index is 1410. The smallest absolute Gasteiger partial charge is 0.422 e. The topological polar surface area (TPSA) is 124 Å². The summed E-state index contributed by atoms with van der Waals surface area (Å²) in [5.41, 5.74) is -8.09. The fourth-order valence-corrected chi connectivity index (χ4v) is 4.07. The Labute approximate surface area is 210 Å². The van der Waals surface area contributed by atoms with E-state index < -0.39 is 90.2 Å². The summed E-state index contributed by atoms with van der Waals surface area (Å²) < 4.78 is 217. The second-order valence-corrected chi connectivity index (χ2v) is 9.83. The Morgan fingerprint density at radius 2 is 1.18 bits per heavy atom. The molecule has 0 heterocycles. The number of benzene rings is 2. The minimum absolute atomic E-state index is 0.152. The zero-order chi connectivity index (χ0) is 31.0. The van der Waals surface area contributed by atoms with Gasteiger partial charge >= 0.3 is 24.7 Å². The molecule has 0 aliphatic carbocycles. The molecule has 0 radical (unpaired) electrons. The van der Waals surface area contributed by atoms with Crippen molar-refractivity contribution in [2.24, 2.45) is 0 Å². The van der Waals surface area contributed by atoms with E-state index in [2.05, 4.69) is 4.74 Å². The maximum absolute atomic E-state index is 12.6. The van der Waals surface area contributed by atoms with E-state index in [1.807, 2.05) is 0 Å². The van der Waals surface area contributed by atoms with Crippen LogP contribution in [0.25, 0.3) is 0 Å². The average molecular weight is 630 g/mol. The molecule has 7 nitrogen and oxygen atoms in total. The monoisotopic (exact) mass is 630 g/mol. The highest BCUT2D eigenvalue weighted by Gasteiger charge is 2.48. The maximum atomic E-state index is 12.6. The molecular weight excluding hydrogens is 620 g/mol. The van der Waals surface area contributed by atoms with E-state index in [1.165, 1.54) is 13.0 Å². The van der Waals surface area contributed by atoms with E-state index in [0.29, 0.717) is 0 Å². The number of halogens is 12. The first-order valence-corrected chi connectivity index (χ1v) is 12.0. The van der Waals surface area contributed by atoms with Gasteiger partial charge in [-0.3, -0.25) is 0 Å². The largest absolute Gasteiger partial charge is 0.744 e. The first-order valence-electron chi connectivity index (χ1n) is 9.17. The van der Waals surface area contributed by atoms with E-state index in [4.69, 9.17) is 0 Å². The van der Waals surface area contributed by atoms with Gasteiger partial charge in [0.05, 0.1) is 26.5 Å². The van der Waals surface area contributed by atoms with Gasteiger partial charge < -0.3 is 13.8 Å². The van der Waals surface area contributed by atoms with Crippen LogP contribution in [0.4, 0.5) is 52.7 Å². The number of ether oxygens (including phenoxy) is 1. The van der Waals surface area contributed by atoms with Crippen molar-refractivity contribution in [3.8, 4) is 5.75 Å². The van der Waals surface area contributed by atoms with E-state index >= 15 is 0 Å². The van der Waals surface area contributed by atoms with Gasteiger partial charge in [-0.2, -0.15) is 52.7 Å². The van der Waals surface area contributed by atoms with Crippen molar-refractivity contribution in [1.29, 1.82) is 0 Å². The zero-order valence-corrected chi connectivity index (χ0v) is 19.9. The van der Waals surface area contributed by atoms with Crippen LogP contribution in [0.1, 0.15) is 22.3 Å². The van der Waals surface area contributed by atoms with E-state index in [0.717, 1.165) is 12.1 Å². The first kappa shape index (κ1) is 34.2. The molecule has 0 amide bonds. The Kier molecular flexibility index (Phi) is 9.66. The summed E-state index contributed by atoms with van der Waals surface area (Å²) in [6.45, 7) is -0.188. The minimum atomic E-state index is -6.25. The lowest BCUT2D eigenvalue weighted by atomic mass is 10.0. The van der Waals surface area contributed by atoms with Gasteiger partial charge in [0.1, 0.15) is 26.0 Å². The maximum Gasteiger partial charge on any atom is 0.422 e. The molecule has 2 aromatic carbocycles. The SMILES string of the molecule is Cc1ccc(OCC(F)(F)F)cc1S(=O)(=O)[O-].O=S(=O)([O-])c1cc(C(F)(F)F)cc(C(F)(F)F)c1C(F)(F)F. The lowest BCUT2D eigenvalue weighted by molar-refractivity contribution is -0.165. The molecular formula is C18H10F12O7S2-2. The zero-order valence-electron chi connectivity index (χ0n) is 18.3. The lowest BCUT2D eigenvalue weighted by Crippen LogP contribution is -2.23. The minimum Gasteiger partial charge on any atom is -0.744 e. The van der Waals surface area contributed by atoms with Crippen LogP contribution in [0.15, 0.2) is 40.1 Å². The summed E-state index contributed by atoms with van der Waals surface area (Å²) in [6, 6.07) is 1.47. The van der Waals surface area contributed by atoms with Gasteiger partial charge in [0, 0.05) is 0 Å². The predicted molar refractivity (Wildman–Crippen MR) is 100 cm³/mol. The third-order valence-electron chi connectivity index (χ3n) is 4.12. The summed E-state index contributed by atoms with van der Waals surface area (Å²) in [7, 11) is -11.0. The van der Waals surface area contributed by atoms with Crippen molar-refractivity contribution in [3.63, 3.8) is 0 Å². The van der Waals surface area contributed by atoms with Crippen molar-refractivity contribution in [3.05, 3.63) is 52.6 Å². The lowest BCUT2D eigenvalue weighted by Gasteiger charge is -2.22. The standard InChI is InChI=1S/C9H3F9O3S.C9H9F3O4S/c10-7(11,12)3-1-4(8(13,14)15)6(9(16,17)18)5(2-3)22(19,20)21;1-6-2-3-7(16-5-9(10,11)12)4-8(6)17(13,14)15/h1-2H,(H,19,20,21);2-4H,5H2,1H3,(H,13,14,15)/p-2. The summed E-state index contributed by atoms with van der Waals surface area (Å²) in [4.78, 5) is -3.22. The summed E-state index contributed by atoms with van der Waals surface area (Å²) >= 11 is 0. The van der Waals surface area contributed by atoms with Gasteiger partial charge in [0.15, 0.2) is 6.61 Å². The number of rotatable bonds is 4. The molecule has 0 atom stereocenters. The Morgan fingerprint density at radius 3 is 1.54 bits per heavy atom. The molecule has 0 saturated heterocycles. The molecule has 0 unspecified atom stereocenters. The van der Waals surface area contributed by atoms with Crippen LogP contribution in [0.5, 0.6) is 5.75 Å². The van der Waals surface area contributed by atoms with Crippen LogP contribution in [0, 0.1) is 6.92 Å². The third-order valence-corrected chi connectivity index (χ3v) is 5.96. The van der Waals surface area contributed by atoms with Gasteiger partial charge in [0.25, 0.3) is 0 Å². The fraction of sp³-hybridized carbons (Fsp3) is 0.333. The molecule has 0 spiro atoms. The normalized spacial score (nSPS) is 13.5. The second kappa shape index (κ2) is 11.0. The second-order valence-electron chi connectivity index (χ2n) is 7.13. The van der Waals surface area contributed by atoms with E-state index in [-0.39, 0.29) is 11.3 Å². The summed E-state index contributed by atoms with van der Waals surface area (Å²) in [5, 5.41) is 0. The van der Waals surface area contributed by atoms with Crippen molar-refractivity contribution in [2.75, 3.05) is 6.61 Å². The van der Waals surface area contributed by atoms with Crippen LogP contribution in [-0.2, 0) is 38.8 Å². The van der Waals surface area contributed by atoms with Crippen LogP contribution in [0.2, 0.25) is 0 Å². The molecule has 222 valence electrons. The van der Waals surface area contributed by atoms with E-state index in [9.17, 15) is 78.6 Å². The molecule has 0 saturated carbocycles. The number of alkyl halides is 12. The fourth-order valence-electron chi connectivity index (χ4n) is 2.60. The highest BCUT2D eigenvalue weighted by molar-refractivity contribution is 7.86. The molecule has 21 heteroatoms. The van der Waals surface area contributed by atoms with Gasteiger partial charge in [0.2, 0.25) is 0 Å². The van der Waals surface area contributed by atoms with E-state index in [1.54, 1.807) is 0 Å². The molecule has 0 aliphatic rings. The average Bonchev–Trinajstić information content (AvgIpc) is 2.68. The summed E-state index contributed by atoms with van der Waals surface area (Å²) in [5.74, 6) is -0.317. The van der Waals surface area contributed by atoms with Crippen molar-refractivity contribution >= 4 is 20.2 Å². The molecule has 0 aromatic heterocycles. The molecule has 0 N–H and O–H groups in total. The molecule has 2 aromatic rings. The molecule has 2 rings (SSSR count).